The smallest absolute Gasteiger partial charge is 0.327 e. The molecule has 4 amide bonds. The summed E-state index contributed by atoms with van der Waals surface area (Å²) in [5.74, 6) is -5.96. The maximum Gasteiger partial charge on any atom is 0.327 e. The van der Waals surface area contributed by atoms with E-state index in [0.717, 1.165) is 0 Å². The molecule has 0 spiro atoms. The Balaban J connectivity index is 5.53. The number of rotatable bonds is 16. The molecule has 4 unspecified atom stereocenters. The monoisotopic (exact) mass is 491 g/mol. The molecule has 0 bridgehead atoms. The molecule has 0 aromatic carbocycles. The molecule has 4 atom stereocenters. The van der Waals surface area contributed by atoms with Crippen molar-refractivity contribution in [1.82, 2.24) is 16.0 Å². The molecule has 0 rings (SSSR count). The van der Waals surface area contributed by atoms with Crippen LogP contribution in [0, 0.1) is 5.92 Å². The fraction of sp³-hybridized carbons (Fsp3) is 0.684. The Morgan fingerprint density at radius 1 is 0.818 bits per heavy atom. The molecular weight excluding hydrogens is 458 g/mol. The number of amides is 4. The normalized spacial score (nSPS) is 14.5. The Bertz CT molecular complexity index is 733. The van der Waals surface area contributed by atoms with Gasteiger partial charge < -0.3 is 37.6 Å². The van der Waals surface area contributed by atoms with Gasteiger partial charge in [-0.1, -0.05) is 13.8 Å². The second kappa shape index (κ2) is 15.1. The van der Waals surface area contributed by atoms with Crippen LogP contribution in [0.2, 0.25) is 0 Å². The van der Waals surface area contributed by atoms with Gasteiger partial charge in [0.25, 0.3) is 0 Å². The summed E-state index contributed by atoms with van der Waals surface area (Å²) in [7, 11) is 0. The van der Waals surface area contributed by atoms with Crippen LogP contribution in [-0.2, 0) is 28.8 Å². The summed E-state index contributed by atoms with van der Waals surface area (Å²) < 4.78 is 0. The number of hydrogen-bond donors (Lipinski definition) is 8. The number of carboxylic acid groups (broad SMARTS) is 2. The van der Waals surface area contributed by atoms with Crippen LogP contribution in [0.1, 0.15) is 46.0 Å². The number of carbonyl (C=O) groups excluding carboxylic acids is 4. The number of nitrogens with two attached hydrogens (primary N) is 2. The number of hydrogen-bond acceptors (Lipinski definition) is 8. The molecule has 13 nitrogen and oxygen atoms in total. The number of primary amides is 1. The van der Waals surface area contributed by atoms with E-state index in [0.29, 0.717) is 6.42 Å². The van der Waals surface area contributed by atoms with E-state index in [1.54, 1.807) is 0 Å². The first-order valence-corrected chi connectivity index (χ1v) is 10.9. The van der Waals surface area contributed by atoms with Crippen molar-refractivity contribution < 1.29 is 39.0 Å². The van der Waals surface area contributed by atoms with Crippen LogP contribution in [0.3, 0.4) is 0 Å². The van der Waals surface area contributed by atoms with Gasteiger partial charge in [0.1, 0.15) is 18.1 Å². The molecule has 0 heterocycles. The van der Waals surface area contributed by atoms with Crippen LogP contribution >= 0.6 is 12.6 Å². The van der Waals surface area contributed by atoms with E-state index in [9.17, 15) is 28.8 Å². The Morgan fingerprint density at radius 2 is 1.27 bits per heavy atom. The zero-order chi connectivity index (χ0) is 25.7. The Hall–Kier alpha value is -2.87. The molecule has 0 aromatic rings. The number of carboxylic acids is 2. The van der Waals surface area contributed by atoms with Gasteiger partial charge in [-0.05, 0) is 25.2 Å². The first kappa shape index (κ1) is 30.1. The summed E-state index contributed by atoms with van der Waals surface area (Å²) in [6.07, 6.45) is -0.986. The van der Waals surface area contributed by atoms with Gasteiger partial charge in [0.05, 0.1) is 6.04 Å². The number of aliphatic carboxylic acids is 2. The molecule has 9 N–H and O–H groups in total. The zero-order valence-electron chi connectivity index (χ0n) is 18.6. The molecule has 0 aromatic heterocycles. The SMILES string of the molecule is CC(C)CC(N)C(=O)NC(CCC(=O)O)C(=O)NC(CCC(N)=O)C(=O)NC(CS)C(=O)O. The average Bonchev–Trinajstić information content (AvgIpc) is 2.70. The van der Waals surface area contributed by atoms with Gasteiger partial charge in [0, 0.05) is 18.6 Å². The van der Waals surface area contributed by atoms with Crippen molar-refractivity contribution >= 4 is 48.2 Å². The molecule has 0 fully saturated rings. The van der Waals surface area contributed by atoms with Crippen LogP contribution in [0.5, 0.6) is 0 Å². The summed E-state index contributed by atoms with van der Waals surface area (Å²) in [4.78, 5) is 71.0. The van der Waals surface area contributed by atoms with Crippen LogP contribution in [0.25, 0.3) is 0 Å². The molecule has 0 saturated carbocycles. The Morgan fingerprint density at radius 3 is 1.67 bits per heavy atom. The van der Waals surface area contributed by atoms with Gasteiger partial charge in [-0.2, -0.15) is 12.6 Å². The summed E-state index contributed by atoms with van der Waals surface area (Å²) >= 11 is 3.84. The van der Waals surface area contributed by atoms with Crippen molar-refractivity contribution in [3.63, 3.8) is 0 Å². The van der Waals surface area contributed by atoms with Crippen LogP contribution in [0.15, 0.2) is 0 Å². The third-order valence-electron chi connectivity index (χ3n) is 4.45. The highest BCUT2D eigenvalue weighted by molar-refractivity contribution is 7.80. The third-order valence-corrected chi connectivity index (χ3v) is 4.82. The number of thiol groups is 1. The average molecular weight is 492 g/mol. The van der Waals surface area contributed by atoms with Gasteiger partial charge in [-0.25, -0.2) is 4.79 Å². The van der Waals surface area contributed by atoms with Crippen LogP contribution < -0.4 is 27.4 Å². The van der Waals surface area contributed by atoms with Gasteiger partial charge in [0.15, 0.2) is 0 Å². The van der Waals surface area contributed by atoms with E-state index >= 15 is 0 Å². The van der Waals surface area contributed by atoms with Crippen molar-refractivity contribution in [2.45, 2.75) is 70.1 Å². The number of carbonyl (C=O) groups is 6. The van der Waals surface area contributed by atoms with Crippen molar-refractivity contribution in [1.29, 1.82) is 0 Å². The first-order chi connectivity index (χ1) is 15.3. The van der Waals surface area contributed by atoms with Crippen molar-refractivity contribution in [3.05, 3.63) is 0 Å². The molecule has 188 valence electrons. The lowest BCUT2D eigenvalue weighted by atomic mass is 10.0. The van der Waals surface area contributed by atoms with Gasteiger partial charge in [-0.3, -0.25) is 24.0 Å². The molecule has 33 heavy (non-hydrogen) atoms. The Labute approximate surface area is 196 Å². The maximum atomic E-state index is 12.8. The third kappa shape index (κ3) is 12.7. The fourth-order valence-corrected chi connectivity index (χ4v) is 2.96. The Kier molecular flexibility index (Phi) is 13.7. The van der Waals surface area contributed by atoms with E-state index in [2.05, 4.69) is 28.6 Å². The summed E-state index contributed by atoms with van der Waals surface area (Å²) in [5.41, 5.74) is 10.9. The van der Waals surface area contributed by atoms with E-state index in [1.165, 1.54) is 0 Å². The highest BCUT2D eigenvalue weighted by Crippen LogP contribution is 2.06. The lowest BCUT2D eigenvalue weighted by Gasteiger charge is -2.25. The zero-order valence-corrected chi connectivity index (χ0v) is 19.5. The first-order valence-electron chi connectivity index (χ1n) is 10.3. The molecule has 0 aliphatic carbocycles. The molecule has 0 saturated heterocycles. The molecule has 0 radical (unpaired) electrons. The molecule has 0 aliphatic heterocycles. The van der Waals surface area contributed by atoms with Crippen LogP contribution in [0.4, 0.5) is 0 Å². The van der Waals surface area contributed by atoms with E-state index in [1.807, 2.05) is 13.8 Å². The van der Waals surface area contributed by atoms with Gasteiger partial charge >= 0.3 is 11.9 Å². The van der Waals surface area contributed by atoms with Gasteiger partial charge in [0.2, 0.25) is 23.6 Å². The van der Waals surface area contributed by atoms with E-state index in [4.69, 9.17) is 21.7 Å². The highest BCUT2D eigenvalue weighted by Gasteiger charge is 2.30. The molecule has 0 aliphatic rings. The molecular formula is C19H33N5O8S. The van der Waals surface area contributed by atoms with E-state index in [-0.39, 0.29) is 30.9 Å². The van der Waals surface area contributed by atoms with Gasteiger partial charge in [-0.15, -0.1) is 0 Å². The second-order valence-corrected chi connectivity index (χ2v) is 8.24. The second-order valence-electron chi connectivity index (χ2n) is 7.88. The highest BCUT2D eigenvalue weighted by atomic mass is 32.1. The van der Waals surface area contributed by atoms with Crippen molar-refractivity contribution in [3.8, 4) is 0 Å². The topological polar surface area (TPSA) is 231 Å². The van der Waals surface area contributed by atoms with Crippen LogP contribution in [-0.4, -0.2) is 75.7 Å². The quantitative estimate of drug-likeness (QED) is 0.111. The maximum absolute atomic E-state index is 12.8. The largest absolute Gasteiger partial charge is 0.481 e. The minimum absolute atomic E-state index is 0.0907. The van der Waals surface area contributed by atoms with Crippen molar-refractivity contribution in [2.24, 2.45) is 17.4 Å². The predicted molar refractivity (Wildman–Crippen MR) is 120 cm³/mol. The van der Waals surface area contributed by atoms with Crippen molar-refractivity contribution in [2.75, 3.05) is 5.75 Å². The lowest BCUT2D eigenvalue weighted by Crippen LogP contribution is -2.57. The summed E-state index contributed by atoms with van der Waals surface area (Å²) in [6.45, 7) is 3.69. The minimum Gasteiger partial charge on any atom is -0.481 e. The van der Waals surface area contributed by atoms with E-state index < -0.39 is 66.2 Å². The molecule has 14 heteroatoms. The standard InChI is InChI=1S/C19H33N5O8S/c1-9(2)7-10(20)16(28)22-12(4-6-15(26)27)17(29)23-11(3-5-14(21)25)18(30)24-13(8-33)19(31)32/h9-13,33H,3-8,20H2,1-2H3,(H2,21,25)(H,22,28)(H,23,29)(H,24,30)(H,26,27)(H,31,32). The predicted octanol–water partition coefficient (Wildman–Crippen LogP) is -2.04. The number of nitrogens with one attached hydrogen (secondary N) is 3. The summed E-state index contributed by atoms with van der Waals surface area (Å²) in [5, 5.41) is 24.9. The fourth-order valence-electron chi connectivity index (χ4n) is 2.72. The summed E-state index contributed by atoms with van der Waals surface area (Å²) in [6, 6.07) is -5.01. The minimum atomic E-state index is -1.37. The lowest BCUT2D eigenvalue weighted by molar-refractivity contribution is -0.141.